The largest absolute Gasteiger partial charge is 0.317 e. The summed E-state index contributed by atoms with van der Waals surface area (Å²) in [5.74, 6) is 0.934. The average molecular weight is 169 g/mol. The van der Waals surface area contributed by atoms with Gasteiger partial charge in [-0.25, -0.2) is 5.32 Å². The van der Waals surface area contributed by atoms with Crippen LogP contribution in [0, 0.1) is 5.92 Å². The third-order valence-corrected chi connectivity index (χ3v) is 2.82. The van der Waals surface area contributed by atoms with Gasteiger partial charge in [0.1, 0.15) is 0 Å². The van der Waals surface area contributed by atoms with Crippen LogP contribution in [0.15, 0.2) is 0 Å². The lowest BCUT2D eigenvalue weighted by Gasteiger charge is -2.24. The molecule has 1 saturated carbocycles. The van der Waals surface area contributed by atoms with Crippen LogP contribution < -0.4 is 11.1 Å². The van der Waals surface area contributed by atoms with Crippen LogP contribution in [0.1, 0.15) is 45.4 Å². The van der Waals surface area contributed by atoms with Gasteiger partial charge in [0.15, 0.2) is 0 Å². The molecule has 1 unspecified atom stereocenters. The van der Waals surface area contributed by atoms with E-state index >= 15 is 0 Å². The third-order valence-electron chi connectivity index (χ3n) is 2.82. The fraction of sp³-hybridized carbons (Fsp3) is 1.00. The summed E-state index contributed by atoms with van der Waals surface area (Å²) in [7, 11) is 0. The third kappa shape index (κ3) is 3.55. The van der Waals surface area contributed by atoms with E-state index in [0.29, 0.717) is 12.7 Å². The van der Waals surface area contributed by atoms with Gasteiger partial charge in [-0.3, -0.25) is 0 Å². The minimum absolute atomic E-state index is 0.484. The van der Waals surface area contributed by atoms with E-state index in [-0.39, 0.29) is 0 Å². The Morgan fingerprint density at radius 1 is 1.33 bits per heavy atom. The number of hydrogen-bond acceptors (Lipinski definition) is 1. The average Bonchev–Trinajstić information content (AvgIpc) is 2.06. The van der Waals surface area contributed by atoms with E-state index in [4.69, 9.17) is 5.73 Å². The topological polar surface area (TPSA) is 40.1 Å². The first-order valence-corrected chi connectivity index (χ1v) is 5.19. The molecule has 1 aliphatic rings. The molecule has 0 aromatic rings. The highest BCUT2D eigenvalue weighted by molar-refractivity contribution is 4.70. The van der Waals surface area contributed by atoms with Crippen molar-refractivity contribution in [1.82, 2.24) is 5.32 Å². The molecule has 1 atom stereocenters. The van der Waals surface area contributed by atoms with Gasteiger partial charge in [-0.2, -0.15) is 0 Å². The molecule has 1 radical (unpaired) electrons. The monoisotopic (exact) mass is 169 g/mol. The molecule has 0 aliphatic heterocycles. The standard InChI is InChI=1S/C10H21N2/c1-9(12-8-11)7-10-5-3-2-4-6-10/h9-10H,2-8,11H2,1H3. The Morgan fingerprint density at radius 2 is 2.00 bits per heavy atom. The molecule has 0 aromatic carbocycles. The van der Waals surface area contributed by atoms with Crippen LogP contribution in [0.3, 0.4) is 0 Å². The molecule has 0 spiro atoms. The first-order valence-electron chi connectivity index (χ1n) is 5.19. The molecular weight excluding hydrogens is 148 g/mol. The van der Waals surface area contributed by atoms with Gasteiger partial charge in [-0.05, 0) is 19.3 Å². The van der Waals surface area contributed by atoms with Gasteiger partial charge in [0.05, 0.1) is 6.67 Å². The maximum Gasteiger partial charge on any atom is 0.0601 e. The van der Waals surface area contributed by atoms with Crippen molar-refractivity contribution in [2.45, 2.75) is 51.5 Å². The van der Waals surface area contributed by atoms with Gasteiger partial charge < -0.3 is 5.73 Å². The first-order chi connectivity index (χ1) is 5.83. The quantitative estimate of drug-likeness (QED) is 0.685. The molecule has 12 heavy (non-hydrogen) atoms. The fourth-order valence-corrected chi connectivity index (χ4v) is 2.16. The van der Waals surface area contributed by atoms with Crippen LogP contribution in [-0.2, 0) is 0 Å². The van der Waals surface area contributed by atoms with Gasteiger partial charge in [-0.15, -0.1) is 0 Å². The van der Waals surface area contributed by atoms with Crippen LogP contribution in [0.2, 0.25) is 0 Å². The molecule has 0 aromatic heterocycles. The van der Waals surface area contributed by atoms with E-state index in [1.54, 1.807) is 0 Å². The number of nitrogens with zero attached hydrogens (tertiary/aromatic N) is 1. The molecule has 1 fully saturated rings. The van der Waals surface area contributed by atoms with Crippen molar-refractivity contribution in [2.75, 3.05) is 6.67 Å². The summed E-state index contributed by atoms with van der Waals surface area (Å²) < 4.78 is 0. The van der Waals surface area contributed by atoms with E-state index in [1.807, 2.05) is 0 Å². The number of rotatable bonds is 4. The normalized spacial score (nSPS) is 22.5. The minimum atomic E-state index is 0.484. The van der Waals surface area contributed by atoms with Crippen molar-refractivity contribution in [3.63, 3.8) is 0 Å². The Hall–Kier alpha value is -0.0800. The molecule has 2 N–H and O–H groups in total. The lowest BCUT2D eigenvalue weighted by molar-refractivity contribution is 0.304. The summed E-state index contributed by atoms with van der Waals surface area (Å²) in [6.07, 6.45) is 8.41. The second-order valence-corrected chi connectivity index (χ2v) is 3.95. The minimum Gasteiger partial charge on any atom is -0.317 e. The van der Waals surface area contributed by atoms with Crippen LogP contribution in [0.4, 0.5) is 0 Å². The van der Waals surface area contributed by atoms with Crippen molar-refractivity contribution in [2.24, 2.45) is 11.7 Å². The predicted octanol–water partition coefficient (Wildman–Crippen LogP) is 1.87. The summed E-state index contributed by atoms with van der Waals surface area (Å²) in [6, 6.07) is 0.484. The van der Waals surface area contributed by atoms with Crippen LogP contribution in [0.25, 0.3) is 0 Å². The van der Waals surface area contributed by atoms with E-state index < -0.39 is 0 Å². The number of hydrogen-bond donors (Lipinski definition) is 1. The molecule has 0 saturated heterocycles. The Morgan fingerprint density at radius 3 is 2.58 bits per heavy atom. The van der Waals surface area contributed by atoms with Gasteiger partial charge in [0.2, 0.25) is 0 Å². The van der Waals surface area contributed by atoms with Crippen molar-refractivity contribution in [1.29, 1.82) is 0 Å². The zero-order chi connectivity index (χ0) is 8.81. The van der Waals surface area contributed by atoms with Gasteiger partial charge >= 0.3 is 0 Å². The van der Waals surface area contributed by atoms with E-state index in [2.05, 4.69) is 12.2 Å². The van der Waals surface area contributed by atoms with Gasteiger partial charge in [0.25, 0.3) is 0 Å². The molecular formula is C10H21N2. The highest BCUT2D eigenvalue weighted by atomic mass is 15.0. The van der Waals surface area contributed by atoms with Crippen molar-refractivity contribution in [3.05, 3.63) is 0 Å². The lowest BCUT2D eigenvalue weighted by Crippen LogP contribution is -2.27. The zero-order valence-electron chi connectivity index (χ0n) is 8.13. The van der Waals surface area contributed by atoms with E-state index in [1.165, 1.54) is 38.5 Å². The van der Waals surface area contributed by atoms with Crippen molar-refractivity contribution < 1.29 is 0 Å². The van der Waals surface area contributed by atoms with E-state index in [9.17, 15) is 0 Å². The van der Waals surface area contributed by atoms with Gasteiger partial charge in [-0.1, -0.05) is 32.1 Å². The first kappa shape index (κ1) is 10.0. The van der Waals surface area contributed by atoms with Gasteiger partial charge in [0, 0.05) is 6.04 Å². The highest BCUT2D eigenvalue weighted by Gasteiger charge is 2.15. The summed E-state index contributed by atoms with van der Waals surface area (Å²) in [5.41, 5.74) is 5.37. The molecule has 71 valence electrons. The van der Waals surface area contributed by atoms with Crippen LogP contribution >= 0.6 is 0 Å². The second kappa shape index (κ2) is 5.55. The Balaban J connectivity index is 2.11. The lowest BCUT2D eigenvalue weighted by atomic mass is 9.85. The Labute approximate surface area is 75.9 Å². The predicted molar refractivity (Wildman–Crippen MR) is 51.8 cm³/mol. The molecule has 0 amide bonds. The SMILES string of the molecule is CC(CC1CCCCC1)[N]CN. The Bertz CT molecular complexity index is 108. The summed E-state index contributed by atoms with van der Waals surface area (Å²) in [6.45, 7) is 2.68. The molecule has 0 bridgehead atoms. The molecule has 1 rings (SSSR count). The zero-order valence-corrected chi connectivity index (χ0v) is 8.13. The molecule has 1 aliphatic carbocycles. The highest BCUT2D eigenvalue weighted by Crippen LogP contribution is 2.27. The van der Waals surface area contributed by atoms with E-state index in [0.717, 1.165) is 5.92 Å². The summed E-state index contributed by atoms with van der Waals surface area (Å²) >= 11 is 0. The Kier molecular flexibility index (Phi) is 4.62. The van der Waals surface area contributed by atoms with Crippen molar-refractivity contribution in [3.8, 4) is 0 Å². The molecule has 2 nitrogen and oxygen atoms in total. The summed E-state index contributed by atoms with van der Waals surface area (Å²) in [4.78, 5) is 0. The molecule has 0 heterocycles. The fourth-order valence-electron chi connectivity index (χ4n) is 2.16. The molecule has 2 heteroatoms. The maximum atomic E-state index is 5.37. The van der Waals surface area contributed by atoms with Crippen molar-refractivity contribution >= 4 is 0 Å². The smallest absolute Gasteiger partial charge is 0.0601 e. The van der Waals surface area contributed by atoms with Crippen LogP contribution in [0.5, 0.6) is 0 Å². The maximum absolute atomic E-state index is 5.37. The second-order valence-electron chi connectivity index (χ2n) is 3.95. The number of nitrogens with two attached hydrogens (primary N) is 1. The summed E-state index contributed by atoms with van der Waals surface area (Å²) in [5, 5.41) is 4.30. The van der Waals surface area contributed by atoms with Crippen LogP contribution in [-0.4, -0.2) is 12.7 Å².